The van der Waals surface area contributed by atoms with Crippen LogP contribution in [-0.2, 0) is 13.6 Å². The molecule has 1 aromatic heterocycles. The summed E-state index contributed by atoms with van der Waals surface area (Å²) in [6.45, 7) is 2.49. The number of rotatable bonds is 5. The third kappa shape index (κ3) is 3.35. The highest BCUT2D eigenvalue weighted by molar-refractivity contribution is 9.10. The normalized spacial score (nSPS) is 10.7. The van der Waals surface area contributed by atoms with Crippen molar-refractivity contribution in [1.29, 1.82) is 0 Å². The van der Waals surface area contributed by atoms with Crippen molar-refractivity contribution in [3.63, 3.8) is 0 Å². The molecule has 6 heteroatoms. The number of ether oxygens (including phenoxy) is 1. The monoisotopic (exact) mass is 401 g/mol. The highest BCUT2D eigenvalue weighted by Crippen LogP contribution is 2.26. The number of benzene rings is 2. The summed E-state index contributed by atoms with van der Waals surface area (Å²) in [5.74, 6) is 0.783. The van der Waals surface area contributed by atoms with Gasteiger partial charge >= 0.3 is 0 Å². The van der Waals surface area contributed by atoms with E-state index < -0.39 is 0 Å². The molecule has 3 rings (SSSR count). The molecule has 2 aromatic carbocycles. The van der Waals surface area contributed by atoms with Crippen molar-refractivity contribution in [2.75, 3.05) is 12.4 Å². The number of methoxy groups -OCH3 is 1. The van der Waals surface area contributed by atoms with Gasteiger partial charge in [-0.1, -0.05) is 24.3 Å². The Labute approximate surface area is 155 Å². The van der Waals surface area contributed by atoms with Gasteiger partial charge in [0.1, 0.15) is 11.4 Å². The van der Waals surface area contributed by atoms with Crippen LogP contribution >= 0.6 is 15.9 Å². The number of para-hydroxylation sites is 1. The van der Waals surface area contributed by atoms with Gasteiger partial charge in [0, 0.05) is 13.6 Å². The number of anilines is 1. The van der Waals surface area contributed by atoms with Gasteiger partial charge in [-0.25, -0.2) is 4.68 Å². The maximum atomic E-state index is 12.9. The van der Waals surface area contributed by atoms with Gasteiger partial charge in [0.2, 0.25) is 0 Å². The Morgan fingerprint density at radius 2 is 1.88 bits per heavy atom. The molecule has 1 heterocycles. The Kier molecular flexibility index (Phi) is 4.99. The fraction of sp³-hybridized carbons (Fsp3) is 0.211. The lowest BCUT2D eigenvalue weighted by molar-refractivity contribution is 0.412. The second-order valence-corrected chi connectivity index (χ2v) is 6.61. The summed E-state index contributed by atoms with van der Waals surface area (Å²) in [5.41, 5.74) is 3.35. The molecule has 0 saturated heterocycles. The predicted molar refractivity (Wildman–Crippen MR) is 104 cm³/mol. The van der Waals surface area contributed by atoms with Crippen LogP contribution in [0.5, 0.6) is 5.75 Å². The molecule has 0 atom stereocenters. The molecule has 0 saturated carbocycles. The zero-order valence-electron chi connectivity index (χ0n) is 14.4. The molecule has 1 N–H and O–H groups in total. The standard InChI is InChI=1S/C19H20BrN3O2/c1-13-18(21-12-14-9-10-17(25-3)16(20)11-14)19(24)23(22(13)2)15-7-5-4-6-8-15/h4-11,21H,12H2,1-3H3. The van der Waals surface area contributed by atoms with E-state index in [-0.39, 0.29) is 5.56 Å². The summed E-state index contributed by atoms with van der Waals surface area (Å²) in [5, 5.41) is 3.28. The largest absolute Gasteiger partial charge is 0.496 e. The number of aromatic nitrogens is 2. The summed E-state index contributed by atoms with van der Waals surface area (Å²) in [6, 6.07) is 15.5. The Balaban J connectivity index is 1.89. The topological polar surface area (TPSA) is 48.2 Å². The van der Waals surface area contributed by atoms with Gasteiger partial charge in [-0.05, 0) is 52.7 Å². The second-order valence-electron chi connectivity index (χ2n) is 5.76. The van der Waals surface area contributed by atoms with Crippen molar-refractivity contribution in [2.24, 2.45) is 7.05 Å². The molecule has 0 spiro atoms. The molecule has 5 nitrogen and oxygen atoms in total. The van der Waals surface area contributed by atoms with E-state index in [0.29, 0.717) is 12.2 Å². The molecule has 0 amide bonds. The molecule has 0 bridgehead atoms. The Bertz CT molecular complexity index is 945. The van der Waals surface area contributed by atoms with Crippen LogP contribution in [0.1, 0.15) is 11.3 Å². The molecule has 0 aliphatic rings. The van der Waals surface area contributed by atoms with E-state index in [9.17, 15) is 4.79 Å². The van der Waals surface area contributed by atoms with Crippen molar-refractivity contribution in [1.82, 2.24) is 9.36 Å². The Morgan fingerprint density at radius 3 is 2.52 bits per heavy atom. The lowest BCUT2D eigenvalue weighted by atomic mass is 10.2. The molecular formula is C19H20BrN3O2. The number of halogens is 1. The predicted octanol–water partition coefficient (Wildman–Crippen LogP) is 3.87. The zero-order valence-corrected chi connectivity index (χ0v) is 16.0. The van der Waals surface area contributed by atoms with Gasteiger partial charge in [-0.2, -0.15) is 0 Å². The third-order valence-electron chi connectivity index (χ3n) is 4.24. The Hall–Kier alpha value is -2.47. The average Bonchev–Trinajstić information content (AvgIpc) is 2.83. The minimum absolute atomic E-state index is 0.0567. The van der Waals surface area contributed by atoms with Crippen LogP contribution in [0.4, 0.5) is 5.69 Å². The van der Waals surface area contributed by atoms with Crippen molar-refractivity contribution in [2.45, 2.75) is 13.5 Å². The molecular weight excluding hydrogens is 382 g/mol. The van der Waals surface area contributed by atoms with Crippen LogP contribution in [0.25, 0.3) is 5.69 Å². The first kappa shape index (κ1) is 17.4. The van der Waals surface area contributed by atoms with Gasteiger partial charge in [0.05, 0.1) is 23.0 Å². The van der Waals surface area contributed by atoms with E-state index in [1.54, 1.807) is 11.8 Å². The highest BCUT2D eigenvalue weighted by Gasteiger charge is 2.15. The quantitative estimate of drug-likeness (QED) is 0.705. The maximum Gasteiger partial charge on any atom is 0.295 e. The van der Waals surface area contributed by atoms with E-state index >= 15 is 0 Å². The van der Waals surface area contributed by atoms with E-state index in [1.165, 1.54) is 0 Å². The van der Waals surface area contributed by atoms with E-state index in [2.05, 4.69) is 21.2 Å². The molecule has 0 fully saturated rings. The minimum atomic E-state index is -0.0567. The SMILES string of the molecule is COc1ccc(CNc2c(C)n(C)n(-c3ccccc3)c2=O)cc1Br. The lowest BCUT2D eigenvalue weighted by Gasteiger charge is -2.08. The number of hydrogen-bond acceptors (Lipinski definition) is 3. The zero-order chi connectivity index (χ0) is 18.0. The fourth-order valence-corrected chi connectivity index (χ4v) is 3.37. The van der Waals surface area contributed by atoms with Gasteiger partial charge in [0.15, 0.2) is 0 Å². The first-order valence-electron chi connectivity index (χ1n) is 7.93. The van der Waals surface area contributed by atoms with Crippen molar-refractivity contribution in [3.05, 3.63) is 74.6 Å². The molecule has 0 radical (unpaired) electrons. The van der Waals surface area contributed by atoms with Crippen LogP contribution in [0.2, 0.25) is 0 Å². The lowest BCUT2D eigenvalue weighted by Crippen LogP contribution is -2.21. The highest BCUT2D eigenvalue weighted by atomic mass is 79.9. The first-order valence-corrected chi connectivity index (χ1v) is 8.72. The van der Waals surface area contributed by atoms with E-state index in [4.69, 9.17) is 4.74 Å². The van der Waals surface area contributed by atoms with Gasteiger partial charge in [-0.15, -0.1) is 0 Å². The molecule has 130 valence electrons. The van der Waals surface area contributed by atoms with Gasteiger partial charge in [-0.3, -0.25) is 9.48 Å². The van der Waals surface area contributed by atoms with Crippen LogP contribution in [0, 0.1) is 6.92 Å². The van der Waals surface area contributed by atoms with Crippen LogP contribution < -0.4 is 15.6 Å². The third-order valence-corrected chi connectivity index (χ3v) is 4.86. The minimum Gasteiger partial charge on any atom is -0.496 e. The summed E-state index contributed by atoms with van der Waals surface area (Å²) in [7, 11) is 3.52. The first-order chi connectivity index (χ1) is 12.0. The van der Waals surface area contributed by atoms with Crippen molar-refractivity contribution < 1.29 is 4.74 Å². The maximum absolute atomic E-state index is 12.9. The summed E-state index contributed by atoms with van der Waals surface area (Å²) in [6.07, 6.45) is 0. The fourth-order valence-electron chi connectivity index (χ4n) is 2.78. The van der Waals surface area contributed by atoms with Crippen LogP contribution in [0.15, 0.2) is 57.8 Å². The van der Waals surface area contributed by atoms with E-state index in [0.717, 1.165) is 27.2 Å². The summed E-state index contributed by atoms with van der Waals surface area (Å²) in [4.78, 5) is 12.9. The van der Waals surface area contributed by atoms with Crippen LogP contribution in [-0.4, -0.2) is 16.5 Å². The Morgan fingerprint density at radius 1 is 1.16 bits per heavy atom. The summed E-state index contributed by atoms with van der Waals surface area (Å²) < 4.78 is 9.67. The van der Waals surface area contributed by atoms with Gasteiger partial charge < -0.3 is 10.1 Å². The number of nitrogens with one attached hydrogen (secondary N) is 1. The summed E-state index contributed by atoms with van der Waals surface area (Å²) >= 11 is 3.49. The van der Waals surface area contributed by atoms with Crippen molar-refractivity contribution in [3.8, 4) is 11.4 Å². The van der Waals surface area contributed by atoms with E-state index in [1.807, 2.05) is 67.2 Å². The number of nitrogens with zero attached hydrogens (tertiary/aromatic N) is 2. The van der Waals surface area contributed by atoms with Crippen LogP contribution in [0.3, 0.4) is 0 Å². The smallest absolute Gasteiger partial charge is 0.295 e. The molecule has 0 unspecified atom stereocenters. The van der Waals surface area contributed by atoms with Gasteiger partial charge in [0.25, 0.3) is 5.56 Å². The second kappa shape index (κ2) is 7.19. The van der Waals surface area contributed by atoms with Crippen molar-refractivity contribution >= 4 is 21.6 Å². The molecule has 0 aliphatic carbocycles. The molecule has 0 aliphatic heterocycles. The number of hydrogen-bond donors (Lipinski definition) is 1. The average molecular weight is 402 g/mol. The molecule has 3 aromatic rings. The molecule has 25 heavy (non-hydrogen) atoms.